The Morgan fingerprint density at radius 3 is 2.89 bits per heavy atom. The van der Waals surface area contributed by atoms with Crippen molar-refractivity contribution in [3.63, 3.8) is 0 Å². The molecule has 2 aliphatic heterocycles. The lowest BCUT2D eigenvalue weighted by Crippen LogP contribution is -2.31. The number of nitrogens with zero attached hydrogens (tertiary/aromatic N) is 2. The first-order valence-electron chi connectivity index (χ1n) is 6.14. The number of fused-ring (bicyclic) bond motifs is 6. The van der Waals surface area contributed by atoms with Gasteiger partial charge in [0.15, 0.2) is 0 Å². The number of benzene rings is 2. The molecule has 19 heavy (non-hydrogen) atoms. The Morgan fingerprint density at radius 1 is 1.11 bits per heavy atom. The second-order valence-electron chi connectivity index (χ2n) is 4.53. The standard InChI is InChI=1S/C15H12N2OS/c1-18-10-6-7-12-13(8-10)11-4-2-3-5-14(11)17-9-19-16-15(12)17/h2-8H,9H2,1H3. The van der Waals surface area contributed by atoms with Gasteiger partial charge in [-0.25, -0.2) is 0 Å². The van der Waals surface area contributed by atoms with E-state index in [4.69, 9.17) is 4.74 Å². The van der Waals surface area contributed by atoms with Crippen LogP contribution in [-0.4, -0.2) is 18.8 Å². The summed E-state index contributed by atoms with van der Waals surface area (Å²) in [6.07, 6.45) is 0. The van der Waals surface area contributed by atoms with Crippen LogP contribution in [0.4, 0.5) is 5.69 Å². The summed E-state index contributed by atoms with van der Waals surface area (Å²) in [7, 11) is 1.70. The van der Waals surface area contributed by atoms with Gasteiger partial charge < -0.3 is 9.64 Å². The van der Waals surface area contributed by atoms with Crippen LogP contribution in [0.15, 0.2) is 46.9 Å². The minimum absolute atomic E-state index is 0.883. The van der Waals surface area contributed by atoms with Crippen LogP contribution < -0.4 is 9.64 Å². The highest BCUT2D eigenvalue weighted by Crippen LogP contribution is 2.43. The van der Waals surface area contributed by atoms with Gasteiger partial charge in [-0.3, -0.25) is 0 Å². The summed E-state index contributed by atoms with van der Waals surface area (Å²) >= 11 is 1.60. The van der Waals surface area contributed by atoms with E-state index in [2.05, 4.69) is 45.7 Å². The molecule has 0 N–H and O–H groups in total. The van der Waals surface area contributed by atoms with Crippen molar-refractivity contribution in [2.45, 2.75) is 0 Å². The normalized spacial score (nSPS) is 15.4. The third-order valence-electron chi connectivity index (χ3n) is 3.55. The van der Waals surface area contributed by atoms with Gasteiger partial charge in [0, 0.05) is 11.1 Å². The van der Waals surface area contributed by atoms with Crippen molar-refractivity contribution in [2.75, 3.05) is 17.9 Å². The van der Waals surface area contributed by atoms with E-state index in [0.717, 1.165) is 17.5 Å². The molecule has 0 unspecified atom stereocenters. The van der Waals surface area contributed by atoms with E-state index < -0.39 is 0 Å². The molecule has 2 aromatic rings. The summed E-state index contributed by atoms with van der Waals surface area (Å²) in [6, 6.07) is 14.7. The third kappa shape index (κ3) is 1.50. The Kier molecular flexibility index (Phi) is 2.32. The molecule has 2 heterocycles. The summed E-state index contributed by atoms with van der Waals surface area (Å²) in [4.78, 5) is 2.27. The van der Waals surface area contributed by atoms with Gasteiger partial charge >= 0.3 is 0 Å². The number of ether oxygens (including phenoxy) is 1. The number of anilines is 1. The van der Waals surface area contributed by atoms with Gasteiger partial charge in [-0.05, 0) is 41.8 Å². The van der Waals surface area contributed by atoms with E-state index in [1.165, 1.54) is 22.4 Å². The van der Waals surface area contributed by atoms with Gasteiger partial charge in [-0.2, -0.15) is 4.40 Å². The van der Waals surface area contributed by atoms with E-state index in [9.17, 15) is 0 Å². The van der Waals surface area contributed by atoms with Gasteiger partial charge in [0.2, 0.25) is 0 Å². The fourth-order valence-electron chi connectivity index (χ4n) is 2.64. The number of amidine groups is 1. The number of hydrogen-bond donors (Lipinski definition) is 0. The molecule has 0 bridgehead atoms. The maximum Gasteiger partial charge on any atom is 0.149 e. The highest BCUT2D eigenvalue weighted by Gasteiger charge is 2.30. The molecule has 2 aliphatic rings. The third-order valence-corrected chi connectivity index (χ3v) is 4.22. The molecule has 0 spiro atoms. The lowest BCUT2D eigenvalue weighted by atomic mass is 9.92. The Morgan fingerprint density at radius 2 is 2.00 bits per heavy atom. The van der Waals surface area contributed by atoms with Crippen LogP contribution in [0.5, 0.6) is 5.75 Å². The molecule has 0 aromatic heterocycles. The van der Waals surface area contributed by atoms with Crippen LogP contribution in [0.2, 0.25) is 0 Å². The van der Waals surface area contributed by atoms with E-state index >= 15 is 0 Å². The summed E-state index contributed by atoms with van der Waals surface area (Å²) in [6.45, 7) is 0. The number of methoxy groups -OCH3 is 1. The minimum Gasteiger partial charge on any atom is -0.497 e. The van der Waals surface area contributed by atoms with Gasteiger partial charge in [0.25, 0.3) is 0 Å². The summed E-state index contributed by atoms with van der Waals surface area (Å²) < 4.78 is 9.92. The number of rotatable bonds is 1. The van der Waals surface area contributed by atoms with Crippen molar-refractivity contribution in [2.24, 2.45) is 4.40 Å². The largest absolute Gasteiger partial charge is 0.497 e. The van der Waals surface area contributed by atoms with Crippen molar-refractivity contribution in [3.05, 3.63) is 48.0 Å². The van der Waals surface area contributed by atoms with Crippen LogP contribution in [0, 0.1) is 0 Å². The molecule has 2 aromatic carbocycles. The zero-order valence-electron chi connectivity index (χ0n) is 10.5. The second-order valence-corrected chi connectivity index (χ2v) is 5.23. The molecule has 0 radical (unpaired) electrons. The zero-order chi connectivity index (χ0) is 12.8. The highest BCUT2D eigenvalue weighted by molar-refractivity contribution is 7.98. The molecular weight excluding hydrogens is 256 g/mol. The Bertz CT molecular complexity index is 696. The van der Waals surface area contributed by atoms with Crippen molar-refractivity contribution >= 4 is 23.5 Å². The van der Waals surface area contributed by atoms with Crippen molar-refractivity contribution < 1.29 is 4.74 Å². The first-order valence-corrected chi connectivity index (χ1v) is 7.08. The first kappa shape index (κ1) is 10.9. The molecular formula is C15H12N2OS. The smallest absolute Gasteiger partial charge is 0.149 e. The van der Waals surface area contributed by atoms with Crippen molar-refractivity contribution in [1.82, 2.24) is 0 Å². The molecule has 4 heteroatoms. The fourth-order valence-corrected chi connectivity index (χ4v) is 3.40. The van der Waals surface area contributed by atoms with Gasteiger partial charge in [0.05, 0.1) is 18.7 Å². The van der Waals surface area contributed by atoms with Gasteiger partial charge in [-0.15, -0.1) is 0 Å². The summed E-state index contributed by atoms with van der Waals surface area (Å²) in [5.74, 6) is 2.83. The predicted octanol–water partition coefficient (Wildman–Crippen LogP) is 3.55. The Hall–Kier alpha value is -1.94. The van der Waals surface area contributed by atoms with Crippen molar-refractivity contribution in [3.8, 4) is 16.9 Å². The molecule has 3 nitrogen and oxygen atoms in total. The van der Waals surface area contributed by atoms with E-state index in [1.54, 1.807) is 19.1 Å². The van der Waals surface area contributed by atoms with E-state index in [0.29, 0.717) is 0 Å². The van der Waals surface area contributed by atoms with E-state index in [-0.39, 0.29) is 0 Å². The average molecular weight is 268 g/mol. The summed E-state index contributed by atoms with van der Waals surface area (Å²) in [5, 5.41) is 0. The van der Waals surface area contributed by atoms with Crippen LogP contribution in [0.3, 0.4) is 0 Å². The molecule has 0 fully saturated rings. The first-order chi connectivity index (χ1) is 9.38. The molecule has 0 amide bonds. The number of hydrogen-bond acceptors (Lipinski definition) is 4. The SMILES string of the molecule is COc1ccc2c(c1)-c1ccccc1N1CSN=C21. The van der Waals surface area contributed by atoms with Crippen LogP contribution in [0.1, 0.15) is 5.56 Å². The van der Waals surface area contributed by atoms with E-state index in [1.807, 2.05) is 6.07 Å². The fraction of sp³-hybridized carbons (Fsp3) is 0.133. The van der Waals surface area contributed by atoms with Crippen LogP contribution in [-0.2, 0) is 0 Å². The molecule has 94 valence electrons. The zero-order valence-corrected chi connectivity index (χ0v) is 11.3. The lowest BCUT2D eigenvalue weighted by Gasteiger charge is -2.29. The molecule has 0 saturated carbocycles. The van der Waals surface area contributed by atoms with Crippen LogP contribution >= 0.6 is 11.9 Å². The van der Waals surface area contributed by atoms with Crippen molar-refractivity contribution in [1.29, 1.82) is 0 Å². The molecule has 4 rings (SSSR count). The Labute approximate surface area is 116 Å². The van der Waals surface area contributed by atoms with Gasteiger partial charge in [0.1, 0.15) is 11.6 Å². The Balaban J connectivity index is 2.04. The monoisotopic (exact) mass is 268 g/mol. The lowest BCUT2D eigenvalue weighted by molar-refractivity contribution is 0.415. The topological polar surface area (TPSA) is 24.8 Å². The quantitative estimate of drug-likeness (QED) is 0.739. The number of para-hydroxylation sites is 1. The molecule has 0 aliphatic carbocycles. The maximum atomic E-state index is 5.35. The second kappa shape index (κ2) is 4.03. The summed E-state index contributed by atoms with van der Waals surface area (Å²) in [5.41, 5.74) is 4.86. The highest BCUT2D eigenvalue weighted by atomic mass is 32.2. The maximum absolute atomic E-state index is 5.35. The average Bonchev–Trinajstić information content (AvgIpc) is 2.96. The minimum atomic E-state index is 0.883. The molecule has 0 saturated heterocycles. The molecule has 0 atom stereocenters. The van der Waals surface area contributed by atoms with Gasteiger partial charge in [-0.1, -0.05) is 18.2 Å². The predicted molar refractivity (Wildman–Crippen MR) is 79.9 cm³/mol. The van der Waals surface area contributed by atoms with Crippen LogP contribution in [0.25, 0.3) is 11.1 Å².